The van der Waals surface area contributed by atoms with Gasteiger partial charge in [0, 0.05) is 24.9 Å². The molecule has 0 spiro atoms. The molecule has 1 aliphatic heterocycles. The monoisotopic (exact) mass is 444 g/mol. The van der Waals surface area contributed by atoms with E-state index in [1.54, 1.807) is 0 Å². The van der Waals surface area contributed by atoms with Crippen LogP contribution in [0.15, 0.2) is 30.3 Å². The molecule has 2 aliphatic rings. The van der Waals surface area contributed by atoms with Crippen LogP contribution in [0.5, 0.6) is 0 Å². The first-order chi connectivity index (χ1) is 15.3. The Morgan fingerprint density at radius 3 is 2.31 bits per heavy atom. The Morgan fingerprint density at radius 2 is 1.72 bits per heavy atom. The Labute approximate surface area is 191 Å². The van der Waals surface area contributed by atoms with Gasteiger partial charge >= 0.3 is 12.1 Å². The van der Waals surface area contributed by atoms with Crippen LogP contribution in [0.2, 0.25) is 0 Å². The molecule has 1 aliphatic carbocycles. The largest absolute Gasteiger partial charge is 0.467 e. The lowest BCUT2D eigenvalue weighted by Gasteiger charge is -2.40. The van der Waals surface area contributed by atoms with E-state index in [9.17, 15) is 14.4 Å². The average Bonchev–Trinajstić information content (AvgIpc) is 3.24. The van der Waals surface area contributed by atoms with Crippen LogP contribution in [0.1, 0.15) is 58.4 Å². The van der Waals surface area contributed by atoms with Crippen LogP contribution in [0.3, 0.4) is 0 Å². The van der Waals surface area contributed by atoms with Crippen LogP contribution in [0.4, 0.5) is 4.79 Å². The van der Waals surface area contributed by atoms with E-state index < -0.39 is 18.1 Å². The highest BCUT2D eigenvalue weighted by molar-refractivity contribution is 5.83. The summed E-state index contributed by atoms with van der Waals surface area (Å²) in [5, 5.41) is 0. The molecular weight excluding hydrogens is 408 g/mol. The first-order valence-corrected chi connectivity index (χ1v) is 11.7. The number of carbonyl (C=O) groups is 3. The number of amides is 2. The van der Waals surface area contributed by atoms with Gasteiger partial charge in [-0.05, 0) is 37.2 Å². The zero-order chi connectivity index (χ0) is 23.3. The van der Waals surface area contributed by atoms with Gasteiger partial charge in [0.1, 0.15) is 12.6 Å². The minimum Gasteiger partial charge on any atom is -0.467 e. The van der Waals surface area contributed by atoms with Gasteiger partial charge in [0.05, 0.1) is 13.2 Å². The Kier molecular flexibility index (Phi) is 8.15. The highest BCUT2D eigenvalue weighted by Crippen LogP contribution is 2.33. The van der Waals surface area contributed by atoms with E-state index in [4.69, 9.17) is 9.47 Å². The van der Waals surface area contributed by atoms with Gasteiger partial charge in [0.15, 0.2) is 0 Å². The minimum absolute atomic E-state index is 0.0812. The smallest absolute Gasteiger partial charge is 0.410 e. The Balaban J connectivity index is 1.77. The SMILES string of the molecule is COC(=O)[C@@H]1C[C@H](N(C(=O)C(C)C)C2CCC(C)CC2)CN1C(=O)OCc1ccccc1. The summed E-state index contributed by atoms with van der Waals surface area (Å²) in [6.45, 7) is 6.46. The molecule has 1 saturated heterocycles. The van der Waals surface area contributed by atoms with Crippen molar-refractivity contribution in [1.82, 2.24) is 9.80 Å². The van der Waals surface area contributed by atoms with Crippen molar-refractivity contribution < 1.29 is 23.9 Å². The molecule has 2 amide bonds. The quantitative estimate of drug-likeness (QED) is 0.620. The molecule has 0 radical (unpaired) electrons. The maximum Gasteiger partial charge on any atom is 0.410 e. The van der Waals surface area contributed by atoms with Crippen molar-refractivity contribution in [3.05, 3.63) is 35.9 Å². The van der Waals surface area contributed by atoms with E-state index in [1.807, 2.05) is 49.1 Å². The van der Waals surface area contributed by atoms with Crippen molar-refractivity contribution in [2.24, 2.45) is 11.8 Å². The molecular formula is C25H36N2O5. The van der Waals surface area contributed by atoms with Gasteiger partial charge in [-0.2, -0.15) is 0 Å². The molecule has 1 heterocycles. The number of hydrogen-bond donors (Lipinski definition) is 0. The zero-order valence-corrected chi connectivity index (χ0v) is 19.7. The highest BCUT2D eigenvalue weighted by Gasteiger charge is 2.46. The van der Waals surface area contributed by atoms with Crippen molar-refractivity contribution >= 4 is 18.0 Å². The molecule has 3 rings (SSSR count). The fraction of sp³-hybridized carbons (Fsp3) is 0.640. The van der Waals surface area contributed by atoms with Gasteiger partial charge in [0.2, 0.25) is 5.91 Å². The first-order valence-electron chi connectivity index (χ1n) is 11.7. The maximum atomic E-state index is 13.2. The number of nitrogens with zero attached hydrogens (tertiary/aromatic N) is 2. The molecule has 0 aromatic heterocycles. The third-order valence-corrected chi connectivity index (χ3v) is 6.71. The van der Waals surface area contributed by atoms with E-state index in [0.717, 1.165) is 31.2 Å². The second-order valence-corrected chi connectivity index (χ2v) is 9.43. The van der Waals surface area contributed by atoms with Crippen LogP contribution >= 0.6 is 0 Å². The molecule has 176 valence electrons. The molecule has 2 fully saturated rings. The summed E-state index contributed by atoms with van der Waals surface area (Å²) in [5.41, 5.74) is 0.874. The highest BCUT2D eigenvalue weighted by atomic mass is 16.6. The molecule has 7 heteroatoms. The molecule has 1 aromatic carbocycles. The van der Waals surface area contributed by atoms with Crippen LogP contribution < -0.4 is 0 Å². The number of hydrogen-bond acceptors (Lipinski definition) is 5. The van der Waals surface area contributed by atoms with Crippen molar-refractivity contribution in [2.45, 2.75) is 77.6 Å². The van der Waals surface area contributed by atoms with Crippen molar-refractivity contribution in [2.75, 3.05) is 13.7 Å². The molecule has 2 atom stereocenters. The van der Waals surface area contributed by atoms with Gasteiger partial charge in [-0.15, -0.1) is 0 Å². The molecule has 0 unspecified atom stereocenters. The third-order valence-electron chi connectivity index (χ3n) is 6.71. The summed E-state index contributed by atoms with van der Waals surface area (Å²) < 4.78 is 10.5. The summed E-state index contributed by atoms with van der Waals surface area (Å²) in [4.78, 5) is 42.1. The zero-order valence-electron chi connectivity index (χ0n) is 19.7. The Hall–Kier alpha value is -2.57. The van der Waals surface area contributed by atoms with E-state index >= 15 is 0 Å². The lowest BCUT2D eigenvalue weighted by Crippen LogP contribution is -2.51. The topological polar surface area (TPSA) is 76.2 Å². The second-order valence-electron chi connectivity index (χ2n) is 9.43. The number of esters is 1. The number of benzene rings is 1. The fourth-order valence-electron chi connectivity index (χ4n) is 4.86. The van der Waals surface area contributed by atoms with Crippen molar-refractivity contribution in [3.63, 3.8) is 0 Å². The molecule has 0 bridgehead atoms. The molecule has 7 nitrogen and oxygen atoms in total. The minimum atomic E-state index is -0.752. The van der Waals surface area contributed by atoms with Crippen LogP contribution in [-0.4, -0.2) is 59.5 Å². The van der Waals surface area contributed by atoms with Gasteiger partial charge in [-0.25, -0.2) is 9.59 Å². The van der Waals surface area contributed by atoms with Gasteiger partial charge in [0.25, 0.3) is 0 Å². The van der Waals surface area contributed by atoms with Gasteiger partial charge in [-0.1, -0.05) is 51.1 Å². The molecule has 32 heavy (non-hydrogen) atoms. The number of likely N-dealkylation sites (tertiary alicyclic amines) is 1. The maximum absolute atomic E-state index is 13.2. The number of ether oxygens (including phenoxy) is 2. The van der Waals surface area contributed by atoms with E-state index in [2.05, 4.69) is 6.92 Å². The first kappa shape index (κ1) is 24.1. The van der Waals surface area contributed by atoms with Crippen LogP contribution in [-0.2, 0) is 25.7 Å². The lowest BCUT2D eigenvalue weighted by atomic mass is 9.85. The van der Waals surface area contributed by atoms with Gasteiger partial charge < -0.3 is 14.4 Å². The van der Waals surface area contributed by atoms with Crippen LogP contribution in [0, 0.1) is 11.8 Å². The van der Waals surface area contributed by atoms with E-state index in [0.29, 0.717) is 12.3 Å². The molecule has 0 N–H and O–H groups in total. The number of methoxy groups -OCH3 is 1. The van der Waals surface area contributed by atoms with Crippen molar-refractivity contribution in [1.29, 1.82) is 0 Å². The van der Waals surface area contributed by atoms with Gasteiger partial charge in [-0.3, -0.25) is 9.69 Å². The summed E-state index contributed by atoms with van der Waals surface area (Å²) in [5.74, 6) is 0.124. The fourth-order valence-corrected chi connectivity index (χ4v) is 4.86. The summed E-state index contributed by atoms with van der Waals surface area (Å²) in [6.07, 6.45) is 3.90. The summed E-state index contributed by atoms with van der Waals surface area (Å²) in [7, 11) is 1.32. The summed E-state index contributed by atoms with van der Waals surface area (Å²) >= 11 is 0. The second kappa shape index (κ2) is 10.8. The van der Waals surface area contributed by atoms with E-state index in [-0.39, 0.29) is 37.1 Å². The van der Waals surface area contributed by atoms with Crippen molar-refractivity contribution in [3.8, 4) is 0 Å². The number of carbonyl (C=O) groups excluding carboxylic acids is 3. The molecule has 1 saturated carbocycles. The predicted molar refractivity (Wildman–Crippen MR) is 121 cm³/mol. The molecule has 1 aromatic rings. The summed E-state index contributed by atoms with van der Waals surface area (Å²) in [6, 6.07) is 8.59. The van der Waals surface area contributed by atoms with Crippen LogP contribution in [0.25, 0.3) is 0 Å². The Morgan fingerprint density at radius 1 is 1.06 bits per heavy atom. The lowest BCUT2D eigenvalue weighted by molar-refractivity contribution is -0.146. The standard InChI is InChI=1S/C25H36N2O5/c1-17(2)23(28)27(20-12-10-18(3)11-13-20)21-14-22(24(29)31-4)26(15-21)25(30)32-16-19-8-6-5-7-9-19/h5-9,17-18,20-22H,10-16H2,1-4H3/t18?,20?,21-,22-/m0/s1. The average molecular weight is 445 g/mol. The third kappa shape index (κ3) is 5.61. The Bertz CT molecular complexity index is 789. The number of rotatable bonds is 6. The van der Waals surface area contributed by atoms with E-state index in [1.165, 1.54) is 12.0 Å². The normalized spacial score (nSPS) is 25.5. The predicted octanol–water partition coefficient (Wildman–Crippen LogP) is 4.00.